The molecule has 4 rings (SSSR count). The van der Waals surface area contributed by atoms with Crippen molar-refractivity contribution in [1.82, 2.24) is 9.88 Å². The molecule has 1 aromatic heterocycles. The zero-order chi connectivity index (χ0) is 17.9. The predicted octanol–water partition coefficient (Wildman–Crippen LogP) is 4.21. The van der Waals surface area contributed by atoms with Gasteiger partial charge in [0.15, 0.2) is 0 Å². The number of fused-ring (bicyclic) bond motifs is 1. The van der Waals surface area contributed by atoms with Crippen LogP contribution in [-0.4, -0.2) is 42.1 Å². The van der Waals surface area contributed by atoms with Crippen LogP contribution < -0.4 is 5.32 Å². The third kappa shape index (κ3) is 3.71. The molecule has 0 unspecified atom stereocenters. The number of anilines is 2. The van der Waals surface area contributed by atoms with Crippen LogP contribution in [0.25, 0.3) is 10.9 Å². The van der Waals surface area contributed by atoms with Gasteiger partial charge in [-0.15, -0.1) is 0 Å². The second-order valence-electron chi connectivity index (χ2n) is 6.17. The number of benzene rings is 2. The second-order valence-corrected chi connectivity index (χ2v) is 7.08. The van der Waals surface area contributed by atoms with Gasteiger partial charge in [-0.05, 0) is 58.4 Å². The van der Waals surface area contributed by atoms with E-state index in [1.807, 2.05) is 53.4 Å². The summed E-state index contributed by atoms with van der Waals surface area (Å²) < 4.78 is 6.26. The van der Waals surface area contributed by atoms with Gasteiger partial charge in [0.25, 0.3) is 5.91 Å². The number of morpholine rings is 1. The molecule has 0 saturated carbocycles. The van der Waals surface area contributed by atoms with Gasteiger partial charge in [-0.1, -0.05) is 6.07 Å². The summed E-state index contributed by atoms with van der Waals surface area (Å²) in [7, 11) is 0. The van der Waals surface area contributed by atoms with Crippen molar-refractivity contribution in [1.29, 1.82) is 0 Å². The molecule has 0 radical (unpaired) electrons. The van der Waals surface area contributed by atoms with Crippen LogP contribution in [0.3, 0.4) is 0 Å². The maximum Gasteiger partial charge on any atom is 0.254 e. The SMILES string of the molecule is O=C(c1ccc(Nc2ccc3cc(Br)cnc3c2)cc1)N1CCOCC1. The molecule has 26 heavy (non-hydrogen) atoms. The number of rotatable bonds is 3. The molecule has 1 aliphatic rings. The molecule has 0 aliphatic carbocycles. The topological polar surface area (TPSA) is 54.5 Å². The molecule has 2 aromatic carbocycles. The maximum absolute atomic E-state index is 12.5. The first-order valence-electron chi connectivity index (χ1n) is 8.48. The molecular weight excluding hydrogens is 394 g/mol. The number of hydrogen-bond acceptors (Lipinski definition) is 4. The van der Waals surface area contributed by atoms with Gasteiger partial charge in [0, 0.05) is 46.1 Å². The minimum atomic E-state index is 0.0559. The van der Waals surface area contributed by atoms with Gasteiger partial charge in [0.2, 0.25) is 0 Å². The molecule has 0 atom stereocenters. The van der Waals surface area contributed by atoms with E-state index in [2.05, 4.69) is 26.2 Å². The number of nitrogens with zero attached hydrogens (tertiary/aromatic N) is 2. The van der Waals surface area contributed by atoms with Gasteiger partial charge in [0.05, 0.1) is 18.7 Å². The lowest BCUT2D eigenvalue weighted by Gasteiger charge is -2.26. The van der Waals surface area contributed by atoms with Crippen molar-refractivity contribution in [3.63, 3.8) is 0 Å². The number of hydrogen-bond donors (Lipinski definition) is 1. The number of nitrogens with one attached hydrogen (secondary N) is 1. The number of aromatic nitrogens is 1. The molecular formula is C20H18BrN3O2. The highest BCUT2D eigenvalue weighted by Crippen LogP contribution is 2.23. The third-order valence-corrected chi connectivity index (χ3v) is 4.80. The Morgan fingerprint density at radius 1 is 1.04 bits per heavy atom. The standard InChI is InChI=1S/C20H18BrN3O2/c21-16-11-15-3-6-18(12-19(15)22-13-16)23-17-4-1-14(2-5-17)20(25)24-7-9-26-10-8-24/h1-6,11-13,23H,7-10H2. The van der Waals surface area contributed by atoms with E-state index >= 15 is 0 Å². The van der Waals surface area contributed by atoms with E-state index in [1.54, 1.807) is 6.20 Å². The highest BCUT2D eigenvalue weighted by molar-refractivity contribution is 9.10. The molecule has 3 aromatic rings. The van der Waals surface area contributed by atoms with Crippen molar-refractivity contribution in [2.75, 3.05) is 31.6 Å². The monoisotopic (exact) mass is 411 g/mol. The van der Waals surface area contributed by atoms with Gasteiger partial charge in [-0.3, -0.25) is 9.78 Å². The maximum atomic E-state index is 12.5. The van der Waals surface area contributed by atoms with Crippen LogP contribution >= 0.6 is 15.9 Å². The Balaban J connectivity index is 1.48. The molecule has 5 nitrogen and oxygen atoms in total. The van der Waals surface area contributed by atoms with E-state index in [-0.39, 0.29) is 5.91 Å². The molecule has 1 fully saturated rings. The van der Waals surface area contributed by atoms with E-state index in [0.29, 0.717) is 31.9 Å². The Morgan fingerprint density at radius 3 is 2.54 bits per heavy atom. The van der Waals surface area contributed by atoms with Gasteiger partial charge in [0.1, 0.15) is 0 Å². The zero-order valence-electron chi connectivity index (χ0n) is 14.1. The smallest absolute Gasteiger partial charge is 0.254 e. The number of ether oxygens (including phenoxy) is 1. The van der Waals surface area contributed by atoms with Crippen LogP contribution in [0.2, 0.25) is 0 Å². The molecule has 132 valence electrons. The number of carbonyl (C=O) groups is 1. The lowest BCUT2D eigenvalue weighted by Crippen LogP contribution is -2.40. The van der Waals surface area contributed by atoms with Gasteiger partial charge < -0.3 is 15.0 Å². The third-order valence-electron chi connectivity index (χ3n) is 4.37. The van der Waals surface area contributed by atoms with Crippen molar-refractivity contribution in [2.24, 2.45) is 0 Å². The fraction of sp³-hybridized carbons (Fsp3) is 0.200. The lowest BCUT2D eigenvalue weighted by molar-refractivity contribution is 0.0303. The lowest BCUT2D eigenvalue weighted by atomic mass is 10.1. The van der Waals surface area contributed by atoms with Gasteiger partial charge in [-0.2, -0.15) is 0 Å². The van der Waals surface area contributed by atoms with Crippen LogP contribution in [0.4, 0.5) is 11.4 Å². The number of carbonyl (C=O) groups excluding carboxylic acids is 1. The Bertz CT molecular complexity index is 937. The van der Waals surface area contributed by atoms with E-state index in [1.165, 1.54) is 0 Å². The molecule has 0 spiro atoms. The molecule has 6 heteroatoms. The average molecular weight is 412 g/mol. The Kier molecular flexibility index (Phi) is 4.86. The first-order valence-corrected chi connectivity index (χ1v) is 9.28. The second kappa shape index (κ2) is 7.43. The highest BCUT2D eigenvalue weighted by atomic mass is 79.9. The van der Waals surface area contributed by atoms with Crippen LogP contribution in [-0.2, 0) is 4.74 Å². The van der Waals surface area contributed by atoms with Crippen molar-refractivity contribution in [3.05, 3.63) is 64.8 Å². The largest absolute Gasteiger partial charge is 0.378 e. The number of pyridine rings is 1. The van der Waals surface area contributed by atoms with E-state index in [0.717, 1.165) is 26.8 Å². The number of amides is 1. The predicted molar refractivity (Wildman–Crippen MR) is 106 cm³/mol. The van der Waals surface area contributed by atoms with E-state index in [4.69, 9.17) is 4.74 Å². The van der Waals surface area contributed by atoms with Crippen molar-refractivity contribution < 1.29 is 9.53 Å². The highest BCUT2D eigenvalue weighted by Gasteiger charge is 2.18. The zero-order valence-corrected chi connectivity index (χ0v) is 15.7. The van der Waals surface area contributed by atoms with Crippen molar-refractivity contribution in [2.45, 2.75) is 0 Å². The average Bonchev–Trinajstić information content (AvgIpc) is 2.69. The summed E-state index contributed by atoms with van der Waals surface area (Å²) in [4.78, 5) is 18.7. The fourth-order valence-electron chi connectivity index (χ4n) is 2.98. The molecule has 1 saturated heterocycles. The quantitative estimate of drug-likeness (QED) is 0.700. The van der Waals surface area contributed by atoms with Crippen LogP contribution in [0.5, 0.6) is 0 Å². The summed E-state index contributed by atoms with van der Waals surface area (Å²) in [6.45, 7) is 2.52. The summed E-state index contributed by atoms with van der Waals surface area (Å²) in [5, 5.41) is 4.44. The normalized spacial score (nSPS) is 14.4. The van der Waals surface area contributed by atoms with Crippen molar-refractivity contribution >= 4 is 44.1 Å². The number of halogens is 1. The van der Waals surface area contributed by atoms with Gasteiger partial charge in [-0.25, -0.2) is 0 Å². The summed E-state index contributed by atoms with van der Waals surface area (Å²) in [5.74, 6) is 0.0559. The van der Waals surface area contributed by atoms with E-state index in [9.17, 15) is 4.79 Å². The summed E-state index contributed by atoms with van der Waals surface area (Å²) in [5.41, 5.74) is 3.51. The summed E-state index contributed by atoms with van der Waals surface area (Å²) in [6.07, 6.45) is 1.79. The van der Waals surface area contributed by atoms with Crippen LogP contribution in [0.15, 0.2) is 59.2 Å². The fourth-order valence-corrected chi connectivity index (χ4v) is 3.33. The summed E-state index contributed by atoms with van der Waals surface area (Å²) >= 11 is 3.44. The molecule has 1 aliphatic heterocycles. The van der Waals surface area contributed by atoms with Crippen LogP contribution in [0.1, 0.15) is 10.4 Å². The molecule has 1 amide bonds. The summed E-state index contributed by atoms with van der Waals surface area (Å²) in [6, 6.07) is 15.7. The van der Waals surface area contributed by atoms with E-state index < -0.39 is 0 Å². The Hall–Kier alpha value is -2.44. The van der Waals surface area contributed by atoms with Crippen LogP contribution in [0, 0.1) is 0 Å². The Labute approximate surface area is 160 Å². The molecule has 2 heterocycles. The molecule has 0 bridgehead atoms. The minimum Gasteiger partial charge on any atom is -0.378 e. The first-order chi connectivity index (χ1) is 12.7. The van der Waals surface area contributed by atoms with Crippen molar-refractivity contribution in [3.8, 4) is 0 Å². The minimum absolute atomic E-state index is 0.0559. The van der Waals surface area contributed by atoms with Gasteiger partial charge >= 0.3 is 0 Å². The first kappa shape index (κ1) is 17.0. The Morgan fingerprint density at radius 2 is 1.77 bits per heavy atom. The molecule has 1 N–H and O–H groups in total.